The van der Waals surface area contributed by atoms with Crippen molar-refractivity contribution in [1.82, 2.24) is 5.32 Å². The number of hydrogen-bond acceptors (Lipinski definition) is 3. The van der Waals surface area contributed by atoms with Crippen molar-refractivity contribution in [3.8, 4) is 0 Å². The van der Waals surface area contributed by atoms with Gasteiger partial charge in [-0.05, 0) is 24.5 Å². The lowest BCUT2D eigenvalue weighted by molar-refractivity contribution is 0.289. The molecule has 0 radical (unpaired) electrons. The average Bonchev–Trinajstić information content (AvgIpc) is 2.74. The zero-order valence-corrected chi connectivity index (χ0v) is 8.49. The third kappa shape index (κ3) is 2.16. The summed E-state index contributed by atoms with van der Waals surface area (Å²) in [6, 6.07) is 4.09. The number of furan rings is 1. The Bertz CT molecular complexity index is 295. The van der Waals surface area contributed by atoms with Gasteiger partial charge in [0.15, 0.2) is 0 Å². The standard InChI is InChI=1S/C11H17NO2/c1-8-6-10(8)11-3-2-9(14-11)7-12-4-5-13/h2-3,8,10,12-13H,4-7H2,1H3. The van der Waals surface area contributed by atoms with Crippen LogP contribution in [-0.4, -0.2) is 18.3 Å². The molecule has 0 aliphatic heterocycles. The van der Waals surface area contributed by atoms with Gasteiger partial charge < -0.3 is 14.8 Å². The van der Waals surface area contributed by atoms with Crippen LogP contribution in [0.2, 0.25) is 0 Å². The second-order valence-corrected chi connectivity index (χ2v) is 4.02. The van der Waals surface area contributed by atoms with E-state index in [0.717, 1.165) is 17.4 Å². The number of nitrogens with one attached hydrogen (secondary N) is 1. The van der Waals surface area contributed by atoms with Gasteiger partial charge in [-0.3, -0.25) is 0 Å². The molecular formula is C11H17NO2. The molecule has 0 aromatic carbocycles. The first kappa shape index (κ1) is 9.74. The molecule has 0 saturated heterocycles. The smallest absolute Gasteiger partial charge is 0.117 e. The van der Waals surface area contributed by atoms with Crippen LogP contribution in [0.1, 0.15) is 30.8 Å². The van der Waals surface area contributed by atoms with Crippen molar-refractivity contribution >= 4 is 0 Å². The fraction of sp³-hybridized carbons (Fsp3) is 0.636. The Morgan fingerprint density at radius 1 is 1.57 bits per heavy atom. The van der Waals surface area contributed by atoms with Gasteiger partial charge in [0, 0.05) is 12.5 Å². The minimum Gasteiger partial charge on any atom is -0.464 e. The van der Waals surface area contributed by atoms with Crippen LogP contribution in [-0.2, 0) is 6.54 Å². The second kappa shape index (κ2) is 4.15. The van der Waals surface area contributed by atoms with E-state index in [0.29, 0.717) is 19.0 Å². The normalized spacial score (nSPS) is 25.3. The monoisotopic (exact) mass is 195 g/mol. The lowest BCUT2D eigenvalue weighted by atomic mass is 10.3. The molecule has 1 aromatic rings. The summed E-state index contributed by atoms with van der Waals surface area (Å²) in [5.41, 5.74) is 0. The van der Waals surface area contributed by atoms with E-state index in [1.54, 1.807) is 0 Å². The van der Waals surface area contributed by atoms with Crippen LogP contribution in [0.4, 0.5) is 0 Å². The highest BCUT2D eigenvalue weighted by Gasteiger charge is 2.36. The average molecular weight is 195 g/mol. The minimum absolute atomic E-state index is 0.174. The minimum atomic E-state index is 0.174. The van der Waals surface area contributed by atoms with Gasteiger partial charge in [-0.1, -0.05) is 6.92 Å². The summed E-state index contributed by atoms with van der Waals surface area (Å²) in [6.45, 7) is 3.75. The van der Waals surface area contributed by atoms with Crippen molar-refractivity contribution in [2.45, 2.75) is 25.8 Å². The summed E-state index contributed by atoms with van der Waals surface area (Å²) in [6.07, 6.45) is 1.26. The Morgan fingerprint density at radius 3 is 3.00 bits per heavy atom. The Balaban J connectivity index is 1.84. The molecule has 0 spiro atoms. The third-order valence-electron chi connectivity index (χ3n) is 2.75. The van der Waals surface area contributed by atoms with Gasteiger partial charge in [0.25, 0.3) is 0 Å². The zero-order valence-electron chi connectivity index (χ0n) is 8.49. The summed E-state index contributed by atoms with van der Waals surface area (Å²) in [5, 5.41) is 11.7. The molecule has 1 heterocycles. The molecular weight excluding hydrogens is 178 g/mol. The van der Waals surface area contributed by atoms with Gasteiger partial charge in [-0.2, -0.15) is 0 Å². The van der Waals surface area contributed by atoms with Crippen LogP contribution < -0.4 is 5.32 Å². The number of aliphatic hydroxyl groups is 1. The first-order chi connectivity index (χ1) is 6.81. The highest BCUT2D eigenvalue weighted by atomic mass is 16.3. The Hall–Kier alpha value is -0.800. The highest BCUT2D eigenvalue weighted by molar-refractivity contribution is 5.17. The molecule has 14 heavy (non-hydrogen) atoms. The van der Waals surface area contributed by atoms with Crippen molar-refractivity contribution in [2.75, 3.05) is 13.2 Å². The van der Waals surface area contributed by atoms with Gasteiger partial charge in [0.1, 0.15) is 11.5 Å². The maximum Gasteiger partial charge on any atom is 0.117 e. The third-order valence-corrected chi connectivity index (χ3v) is 2.75. The van der Waals surface area contributed by atoms with Crippen molar-refractivity contribution in [3.63, 3.8) is 0 Å². The number of aliphatic hydroxyl groups excluding tert-OH is 1. The Morgan fingerprint density at radius 2 is 2.36 bits per heavy atom. The first-order valence-electron chi connectivity index (χ1n) is 5.21. The van der Waals surface area contributed by atoms with Gasteiger partial charge in [0.05, 0.1) is 13.2 Å². The van der Waals surface area contributed by atoms with E-state index in [1.807, 2.05) is 6.07 Å². The number of rotatable bonds is 5. The molecule has 2 N–H and O–H groups in total. The van der Waals surface area contributed by atoms with E-state index < -0.39 is 0 Å². The predicted molar refractivity (Wildman–Crippen MR) is 54.0 cm³/mol. The number of hydrogen-bond donors (Lipinski definition) is 2. The summed E-state index contributed by atoms with van der Waals surface area (Å²) in [5.74, 6) is 3.53. The van der Waals surface area contributed by atoms with Crippen LogP contribution in [0, 0.1) is 5.92 Å². The fourth-order valence-corrected chi connectivity index (χ4v) is 1.70. The van der Waals surface area contributed by atoms with Crippen molar-refractivity contribution in [3.05, 3.63) is 23.7 Å². The highest BCUT2D eigenvalue weighted by Crippen LogP contribution is 2.47. The maximum absolute atomic E-state index is 8.59. The molecule has 2 atom stereocenters. The molecule has 78 valence electrons. The molecule has 1 aliphatic carbocycles. The van der Waals surface area contributed by atoms with Crippen LogP contribution in [0.5, 0.6) is 0 Å². The molecule has 3 heteroatoms. The first-order valence-corrected chi connectivity index (χ1v) is 5.21. The quantitative estimate of drug-likeness (QED) is 0.700. The molecule has 3 nitrogen and oxygen atoms in total. The lowest BCUT2D eigenvalue weighted by Crippen LogP contribution is -2.16. The van der Waals surface area contributed by atoms with Crippen molar-refractivity contribution in [1.29, 1.82) is 0 Å². The Kier molecular flexibility index (Phi) is 2.89. The van der Waals surface area contributed by atoms with Crippen LogP contribution in [0.3, 0.4) is 0 Å². The second-order valence-electron chi connectivity index (χ2n) is 4.02. The molecule has 0 bridgehead atoms. The molecule has 2 unspecified atom stereocenters. The van der Waals surface area contributed by atoms with Gasteiger partial charge in [0.2, 0.25) is 0 Å². The zero-order chi connectivity index (χ0) is 9.97. The van der Waals surface area contributed by atoms with Crippen LogP contribution >= 0.6 is 0 Å². The summed E-state index contributed by atoms with van der Waals surface area (Å²) in [4.78, 5) is 0. The Labute approximate surface area is 84.1 Å². The van der Waals surface area contributed by atoms with Gasteiger partial charge in [-0.25, -0.2) is 0 Å². The van der Waals surface area contributed by atoms with Gasteiger partial charge >= 0.3 is 0 Å². The SMILES string of the molecule is CC1CC1c1ccc(CNCCO)o1. The summed E-state index contributed by atoms with van der Waals surface area (Å²) < 4.78 is 5.68. The summed E-state index contributed by atoms with van der Waals surface area (Å²) >= 11 is 0. The molecule has 1 aliphatic rings. The lowest BCUT2D eigenvalue weighted by Gasteiger charge is -1.98. The van der Waals surface area contributed by atoms with Crippen molar-refractivity contribution in [2.24, 2.45) is 5.92 Å². The van der Waals surface area contributed by atoms with Crippen LogP contribution in [0.25, 0.3) is 0 Å². The molecule has 1 saturated carbocycles. The predicted octanol–water partition coefficient (Wildman–Crippen LogP) is 1.48. The maximum atomic E-state index is 8.59. The fourth-order valence-electron chi connectivity index (χ4n) is 1.70. The van der Waals surface area contributed by atoms with Crippen LogP contribution in [0.15, 0.2) is 16.5 Å². The summed E-state index contributed by atoms with van der Waals surface area (Å²) in [7, 11) is 0. The topological polar surface area (TPSA) is 45.4 Å². The van der Waals surface area contributed by atoms with E-state index in [1.165, 1.54) is 6.42 Å². The van der Waals surface area contributed by atoms with Crippen molar-refractivity contribution < 1.29 is 9.52 Å². The largest absolute Gasteiger partial charge is 0.464 e. The molecule has 1 fully saturated rings. The molecule has 0 amide bonds. The van der Waals surface area contributed by atoms with Gasteiger partial charge in [-0.15, -0.1) is 0 Å². The van der Waals surface area contributed by atoms with E-state index in [2.05, 4.69) is 18.3 Å². The van der Waals surface area contributed by atoms with E-state index in [9.17, 15) is 0 Å². The van der Waals surface area contributed by atoms with E-state index >= 15 is 0 Å². The molecule has 1 aromatic heterocycles. The van der Waals surface area contributed by atoms with E-state index in [-0.39, 0.29) is 6.61 Å². The molecule has 2 rings (SSSR count). The van der Waals surface area contributed by atoms with E-state index in [4.69, 9.17) is 9.52 Å².